The highest BCUT2D eigenvalue weighted by molar-refractivity contribution is 6.04. The van der Waals surface area contributed by atoms with Gasteiger partial charge in [0.15, 0.2) is 0 Å². The monoisotopic (exact) mass is 522 g/mol. The van der Waals surface area contributed by atoms with Crippen molar-refractivity contribution in [3.63, 3.8) is 0 Å². The van der Waals surface area contributed by atoms with E-state index >= 15 is 0 Å². The van der Waals surface area contributed by atoms with Crippen molar-refractivity contribution < 1.29 is 9.59 Å². The second kappa shape index (κ2) is 9.54. The van der Waals surface area contributed by atoms with Gasteiger partial charge in [-0.2, -0.15) is 4.98 Å². The minimum absolute atomic E-state index is 0.0330. The number of nitrogens with zero attached hydrogens (tertiary/aromatic N) is 5. The molecule has 0 radical (unpaired) electrons. The van der Waals surface area contributed by atoms with Crippen LogP contribution in [0.5, 0.6) is 0 Å². The summed E-state index contributed by atoms with van der Waals surface area (Å²) in [6.07, 6.45) is 6.14. The molecule has 4 N–H and O–H groups in total. The van der Waals surface area contributed by atoms with Crippen molar-refractivity contribution in [1.29, 1.82) is 0 Å². The number of nitrogens with one attached hydrogen (secondary N) is 2. The first-order chi connectivity index (χ1) is 18.8. The molecule has 2 aromatic carbocycles. The molecule has 5 aromatic rings. The lowest BCUT2D eigenvalue weighted by Crippen LogP contribution is -2.25. The van der Waals surface area contributed by atoms with Crippen molar-refractivity contribution in [2.75, 3.05) is 19.4 Å². The van der Waals surface area contributed by atoms with E-state index in [0.717, 1.165) is 59.0 Å². The van der Waals surface area contributed by atoms with Crippen LogP contribution in [0, 0.1) is 6.92 Å². The van der Waals surface area contributed by atoms with Crippen molar-refractivity contribution in [3.05, 3.63) is 65.5 Å². The lowest BCUT2D eigenvalue weighted by atomic mass is 10.1. The fourth-order valence-electron chi connectivity index (χ4n) is 5.43. The number of carbonyl (C=O) groups excluding carboxylic acids is 2. The summed E-state index contributed by atoms with van der Waals surface area (Å²) in [6, 6.07) is 13.4. The summed E-state index contributed by atoms with van der Waals surface area (Å²) >= 11 is 0. The van der Waals surface area contributed by atoms with Gasteiger partial charge in [-0.1, -0.05) is 18.9 Å². The molecule has 1 aliphatic rings. The molecule has 10 nitrogen and oxygen atoms in total. The Morgan fingerprint density at radius 2 is 1.90 bits per heavy atom. The number of carbonyl (C=O) groups is 2. The topological polar surface area (TPSA) is 135 Å². The number of aromatic amines is 1. The average Bonchev–Trinajstić information content (AvgIpc) is 3.66. The van der Waals surface area contributed by atoms with Gasteiger partial charge < -0.3 is 25.5 Å². The quantitative estimate of drug-likeness (QED) is 0.289. The van der Waals surface area contributed by atoms with Crippen LogP contribution in [0.15, 0.2) is 48.7 Å². The van der Waals surface area contributed by atoms with Crippen molar-refractivity contribution in [2.24, 2.45) is 5.73 Å². The molecule has 0 atom stereocenters. The Morgan fingerprint density at radius 3 is 2.62 bits per heavy atom. The number of hydrogen-bond acceptors (Lipinski definition) is 6. The molecule has 1 aliphatic carbocycles. The van der Waals surface area contributed by atoms with E-state index in [1.807, 2.05) is 37.3 Å². The zero-order valence-electron chi connectivity index (χ0n) is 22.2. The molecule has 0 aliphatic heterocycles. The lowest BCUT2D eigenvalue weighted by molar-refractivity contribution is 0.0815. The summed E-state index contributed by atoms with van der Waals surface area (Å²) in [5.74, 6) is 0.575. The minimum atomic E-state index is -0.511. The van der Waals surface area contributed by atoms with Gasteiger partial charge in [-0.25, -0.2) is 9.97 Å². The molecule has 1 saturated carbocycles. The molecule has 3 heterocycles. The predicted molar refractivity (Wildman–Crippen MR) is 151 cm³/mol. The smallest absolute Gasteiger partial charge is 0.270 e. The molecule has 10 heteroatoms. The van der Waals surface area contributed by atoms with Gasteiger partial charge in [0.1, 0.15) is 22.7 Å². The molecular weight excluding hydrogens is 492 g/mol. The summed E-state index contributed by atoms with van der Waals surface area (Å²) in [5, 5.41) is 4.20. The molecule has 0 bridgehead atoms. The molecule has 2 amide bonds. The first-order valence-corrected chi connectivity index (χ1v) is 13.1. The summed E-state index contributed by atoms with van der Waals surface area (Å²) in [4.78, 5) is 43.7. The molecule has 198 valence electrons. The molecule has 39 heavy (non-hydrogen) atoms. The number of primary amides is 1. The molecular formula is C29H30N8O2. The molecule has 0 saturated heterocycles. The first kappa shape index (κ1) is 24.6. The maximum atomic E-state index is 13.0. The van der Waals surface area contributed by atoms with Gasteiger partial charge >= 0.3 is 0 Å². The Balaban J connectivity index is 1.33. The zero-order valence-corrected chi connectivity index (χ0v) is 22.2. The lowest BCUT2D eigenvalue weighted by Gasteiger charge is -2.19. The number of anilines is 2. The van der Waals surface area contributed by atoms with E-state index in [1.165, 1.54) is 0 Å². The summed E-state index contributed by atoms with van der Waals surface area (Å²) in [6.45, 7) is 2.00. The molecule has 1 fully saturated rings. The highest BCUT2D eigenvalue weighted by Gasteiger charge is 2.26. The van der Waals surface area contributed by atoms with Gasteiger partial charge in [-0.15, -0.1) is 0 Å². The van der Waals surface area contributed by atoms with Crippen LogP contribution in [0.3, 0.4) is 0 Å². The second-order valence-electron chi connectivity index (χ2n) is 10.3. The van der Waals surface area contributed by atoms with Crippen LogP contribution in [0.2, 0.25) is 0 Å². The summed E-state index contributed by atoms with van der Waals surface area (Å²) in [7, 11) is 3.54. The fraction of sp³-hybridized carbons (Fsp3) is 0.276. The molecule has 3 aromatic heterocycles. The van der Waals surface area contributed by atoms with Gasteiger partial charge in [0.05, 0.1) is 11.1 Å². The average molecular weight is 523 g/mol. The van der Waals surface area contributed by atoms with Crippen molar-refractivity contribution in [3.8, 4) is 11.4 Å². The van der Waals surface area contributed by atoms with Crippen LogP contribution in [-0.4, -0.2) is 55.3 Å². The third-order valence-corrected chi connectivity index (χ3v) is 7.42. The van der Waals surface area contributed by atoms with Crippen LogP contribution in [0.25, 0.3) is 33.5 Å². The van der Waals surface area contributed by atoms with Crippen molar-refractivity contribution >= 4 is 45.5 Å². The summed E-state index contributed by atoms with van der Waals surface area (Å²) in [5.41, 5.74) is 11.3. The highest BCUT2D eigenvalue weighted by atomic mass is 16.2. The van der Waals surface area contributed by atoms with Gasteiger partial charge in [0, 0.05) is 43.0 Å². The number of aryl methyl sites for hydroxylation is 1. The maximum Gasteiger partial charge on any atom is 0.270 e. The van der Waals surface area contributed by atoms with Crippen LogP contribution in [-0.2, 0) is 0 Å². The van der Waals surface area contributed by atoms with E-state index in [-0.39, 0.29) is 11.9 Å². The Kier molecular flexibility index (Phi) is 6.02. The number of amides is 2. The van der Waals surface area contributed by atoms with E-state index in [1.54, 1.807) is 37.3 Å². The number of para-hydroxylation sites is 1. The normalized spacial score (nSPS) is 13.8. The van der Waals surface area contributed by atoms with Crippen LogP contribution >= 0.6 is 0 Å². The Hall–Kier alpha value is -4.73. The Labute approximate surface area is 225 Å². The van der Waals surface area contributed by atoms with Crippen LogP contribution in [0.1, 0.15) is 58.1 Å². The number of aromatic nitrogens is 5. The second-order valence-corrected chi connectivity index (χ2v) is 10.3. The van der Waals surface area contributed by atoms with Crippen LogP contribution < -0.4 is 11.1 Å². The number of hydrogen-bond donors (Lipinski definition) is 3. The van der Waals surface area contributed by atoms with Gasteiger partial charge in [0.2, 0.25) is 5.95 Å². The molecule has 0 spiro atoms. The van der Waals surface area contributed by atoms with Gasteiger partial charge in [-0.05, 0) is 61.7 Å². The number of imidazole rings is 1. The van der Waals surface area contributed by atoms with Crippen molar-refractivity contribution in [1.82, 2.24) is 29.4 Å². The third-order valence-electron chi connectivity index (χ3n) is 7.42. The largest absolute Gasteiger partial charge is 0.366 e. The number of benzene rings is 2. The van der Waals surface area contributed by atoms with E-state index in [4.69, 9.17) is 10.7 Å². The molecule has 6 rings (SSSR count). The zero-order chi connectivity index (χ0) is 27.3. The highest BCUT2D eigenvalue weighted by Crippen LogP contribution is 2.35. The number of nitrogens with two attached hydrogens (primary N) is 1. The van der Waals surface area contributed by atoms with Gasteiger partial charge in [0.25, 0.3) is 11.8 Å². The third kappa shape index (κ3) is 4.37. The van der Waals surface area contributed by atoms with E-state index in [2.05, 4.69) is 24.8 Å². The number of fused-ring (bicyclic) bond motifs is 2. The van der Waals surface area contributed by atoms with Gasteiger partial charge in [-0.3, -0.25) is 9.59 Å². The standard InChI is InChI=1S/C29H30N8O2/c1-16-13-17(26-32-22-10-6-9-20(25(30)38)24(22)34-26)11-12-21(16)33-29-31-15-18-14-23(28(39)36(2)3)37(27(18)35-29)19-7-4-5-8-19/h6,9-15,19H,4-5,7-8H2,1-3H3,(H2,30,38)(H,32,34)(H,31,33,35). The maximum absolute atomic E-state index is 13.0. The SMILES string of the molecule is Cc1cc(-c2nc3c(C(N)=O)cccc3[nH]2)ccc1Nc1ncc2cc(C(=O)N(C)C)n(C3CCCC3)c2n1. The predicted octanol–water partition coefficient (Wildman–Crippen LogP) is 4.94. The number of H-pyrrole nitrogens is 1. The van der Waals surface area contributed by atoms with E-state index < -0.39 is 5.91 Å². The Morgan fingerprint density at radius 1 is 1.10 bits per heavy atom. The Bertz CT molecular complexity index is 1740. The molecule has 0 unspecified atom stereocenters. The van der Waals surface area contributed by atoms with Crippen molar-refractivity contribution in [2.45, 2.75) is 38.6 Å². The van der Waals surface area contributed by atoms with Crippen LogP contribution in [0.4, 0.5) is 11.6 Å². The minimum Gasteiger partial charge on any atom is -0.366 e. The van der Waals surface area contributed by atoms with E-state index in [0.29, 0.717) is 28.5 Å². The first-order valence-electron chi connectivity index (χ1n) is 13.1. The summed E-state index contributed by atoms with van der Waals surface area (Å²) < 4.78 is 2.11. The fourth-order valence-corrected chi connectivity index (χ4v) is 5.43. The van der Waals surface area contributed by atoms with E-state index in [9.17, 15) is 9.59 Å². The number of rotatable bonds is 6.